The second kappa shape index (κ2) is 5.40. The fourth-order valence-electron chi connectivity index (χ4n) is 1.72. The average molecular weight is 199 g/mol. The smallest absolute Gasteiger partial charge is 0.0338 e. The maximum Gasteiger partial charge on any atom is 0.0338 e. The monoisotopic (exact) mass is 199 g/mol. The molecule has 2 aliphatic carbocycles. The Morgan fingerprint density at radius 3 is 3.00 bits per heavy atom. The lowest BCUT2D eigenvalue weighted by Gasteiger charge is -2.08. The Balaban J connectivity index is 2.01. The Bertz CT molecular complexity index is 354. The third-order valence-corrected chi connectivity index (χ3v) is 2.53. The van der Waals surface area contributed by atoms with Crippen LogP contribution in [0.1, 0.15) is 25.7 Å². The fraction of sp³-hybridized carbons (Fsp3) is 0.286. The van der Waals surface area contributed by atoms with Gasteiger partial charge in [-0.1, -0.05) is 36.5 Å². The van der Waals surface area contributed by atoms with E-state index in [1.54, 1.807) is 0 Å². The van der Waals surface area contributed by atoms with Gasteiger partial charge in [0, 0.05) is 17.8 Å². The van der Waals surface area contributed by atoms with Gasteiger partial charge in [0.1, 0.15) is 0 Å². The zero-order valence-electron chi connectivity index (χ0n) is 8.95. The number of rotatable bonds is 2. The topological polar surface area (TPSA) is 12.0 Å². The van der Waals surface area contributed by atoms with Crippen LogP contribution in [0.5, 0.6) is 0 Å². The van der Waals surface area contributed by atoms with Crippen molar-refractivity contribution in [2.24, 2.45) is 0 Å². The van der Waals surface area contributed by atoms with E-state index >= 15 is 0 Å². The molecule has 15 heavy (non-hydrogen) atoms. The van der Waals surface area contributed by atoms with Crippen molar-refractivity contribution in [3.63, 3.8) is 0 Å². The fourth-order valence-corrected chi connectivity index (χ4v) is 1.72. The van der Waals surface area contributed by atoms with E-state index in [9.17, 15) is 0 Å². The molecule has 0 spiro atoms. The van der Waals surface area contributed by atoms with Crippen LogP contribution in [0.3, 0.4) is 0 Å². The molecule has 0 aromatic heterocycles. The van der Waals surface area contributed by atoms with Crippen molar-refractivity contribution in [2.75, 3.05) is 0 Å². The quantitative estimate of drug-likeness (QED) is 0.716. The van der Waals surface area contributed by atoms with Crippen molar-refractivity contribution >= 4 is 0 Å². The van der Waals surface area contributed by atoms with Crippen LogP contribution >= 0.6 is 0 Å². The first-order valence-corrected chi connectivity index (χ1v) is 5.61. The summed E-state index contributed by atoms with van der Waals surface area (Å²) in [4.78, 5) is 0. The van der Waals surface area contributed by atoms with Gasteiger partial charge in [0.05, 0.1) is 0 Å². The zero-order valence-corrected chi connectivity index (χ0v) is 8.95. The predicted molar refractivity (Wildman–Crippen MR) is 65.2 cm³/mol. The van der Waals surface area contributed by atoms with Crippen LogP contribution < -0.4 is 5.32 Å². The minimum absolute atomic E-state index is 0.984. The van der Waals surface area contributed by atoms with Gasteiger partial charge in [-0.25, -0.2) is 0 Å². The molecule has 1 N–H and O–H groups in total. The molecule has 1 heteroatoms. The van der Waals surface area contributed by atoms with Crippen LogP contribution in [-0.4, -0.2) is 0 Å². The minimum Gasteiger partial charge on any atom is -0.359 e. The summed E-state index contributed by atoms with van der Waals surface area (Å²) in [6.45, 7) is 0. The van der Waals surface area contributed by atoms with Gasteiger partial charge in [0.2, 0.25) is 0 Å². The maximum atomic E-state index is 3.47. The SMILES string of the molecule is C1=CC=C(NC2=CCCCC=C2)CC=C1. The number of allylic oxidation sites excluding steroid dienone is 8. The van der Waals surface area contributed by atoms with Gasteiger partial charge in [0.15, 0.2) is 0 Å². The molecule has 0 unspecified atom stereocenters. The molecule has 1 nitrogen and oxygen atoms in total. The van der Waals surface area contributed by atoms with E-state index in [-0.39, 0.29) is 0 Å². The molecule has 0 amide bonds. The van der Waals surface area contributed by atoms with E-state index in [0.717, 1.165) is 6.42 Å². The van der Waals surface area contributed by atoms with Crippen molar-refractivity contribution in [3.8, 4) is 0 Å². The molecular formula is C14H17N. The van der Waals surface area contributed by atoms with E-state index in [1.807, 2.05) is 0 Å². The first kappa shape index (κ1) is 10.0. The third kappa shape index (κ3) is 3.28. The Morgan fingerprint density at radius 1 is 1.00 bits per heavy atom. The van der Waals surface area contributed by atoms with Crippen molar-refractivity contribution < 1.29 is 0 Å². The van der Waals surface area contributed by atoms with E-state index in [0.29, 0.717) is 0 Å². The first-order chi connectivity index (χ1) is 7.45. The summed E-state index contributed by atoms with van der Waals surface area (Å²) in [5, 5.41) is 3.47. The summed E-state index contributed by atoms with van der Waals surface area (Å²) in [6.07, 6.45) is 21.9. The van der Waals surface area contributed by atoms with Gasteiger partial charge in [-0.15, -0.1) is 0 Å². The molecule has 0 aliphatic heterocycles. The lowest BCUT2D eigenvalue weighted by Crippen LogP contribution is -2.10. The van der Waals surface area contributed by atoms with Crippen LogP contribution in [0.4, 0.5) is 0 Å². The molecule has 2 rings (SSSR count). The van der Waals surface area contributed by atoms with E-state index in [1.165, 1.54) is 30.7 Å². The largest absolute Gasteiger partial charge is 0.359 e. The summed E-state index contributed by atoms with van der Waals surface area (Å²) >= 11 is 0. The molecule has 0 saturated carbocycles. The highest BCUT2D eigenvalue weighted by Gasteiger charge is 1.99. The van der Waals surface area contributed by atoms with Crippen LogP contribution in [0.25, 0.3) is 0 Å². The van der Waals surface area contributed by atoms with Crippen molar-refractivity contribution in [1.29, 1.82) is 0 Å². The van der Waals surface area contributed by atoms with E-state index in [2.05, 4.69) is 53.9 Å². The van der Waals surface area contributed by atoms with E-state index < -0.39 is 0 Å². The normalized spacial score (nSPS) is 20.3. The summed E-state index contributed by atoms with van der Waals surface area (Å²) in [5.41, 5.74) is 2.50. The van der Waals surface area contributed by atoms with Gasteiger partial charge < -0.3 is 5.32 Å². The lowest BCUT2D eigenvalue weighted by atomic mass is 10.2. The Kier molecular flexibility index (Phi) is 3.61. The highest BCUT2D eigenvalue weighted by molar-refractivity contribution is 5.28. The van der Waals surface area contributed by atoms with Crippen molar-refractivity contribution in [3.05, 3.63) is 60.0 Å². The van der Waals surface area contributed by atoms with Gasteiger partial charge in [-0.2, -0.15) is 0 Å². The van der Waals surface area contributed by atoms with Crippen LogP contribution in [0.2, 0.25) is 0 Å². The van der Waals surface area contributed by atoms with Crippen molar-refractivity contribution in [1.82, 2.24) is 5.32 Å². The molecule has 78 valence electrons. The molecule has 0 heterocycles. The standard InChI is InChI=1S/C14H17N/c1-2-6-10-13(9-5-1)15-14-11-7-3-4-8-12-14/h1-2,5-7,9,11-12,15H,3-4,8,10H2. The summed E-state index contributed by atoms with van der Waals surface area (Å²) in [5.74, 6) is 0. The highest BCUT2D eigenvalue weighted by Crippen LogP contribution is 2.12. The van der Waals surface area contributed by atoms with Gasteiger partial charge in [-0.3, -0.25) is 0 Å². The first-order valence-electron chi connectivity index (χ1n) is 5.61. The molecule has 0 bridgehead atoms. The molecule has 0 fully saturated rings. The second-order valence-electron chi connectivity index (χ2n) is 3.83. The summed E-state index contributed by atoms with van der Waals surface area (Å²) in [7, 11) is 0. The van der Waals surface area contributed by atoms with Crippen molar-refractivity contribution in [2.45, 2.75) is 25.7 Å². The average Bonchev–Trinajstić information content (AvgIpc) is 2.63. The Labute approximate surface area is 91.6 Å². The van der Waals surface area contributed by atoms with Crippen LogP contribution in [0, 0.1) is 0 Å². The Morgan fingerprint density at radius 2 is 2.00 bits per heavy atom. The molecule has 0 saturated heterocycles. The number of nitrogens with one attached hydrogen (secondary N) is 1. The molecule has 0 aromatic rings. The molecule has 2 aliphatic rings. The molecule has 0 aromatic carbocycles. The zero-order chi connectivity index (χ0) is 10.3. The lowest BCUT2D eigenvalue weighted by molar-refractivity contribution is 0.867. The summed E-state index contributed by atoms with van der Waals surface area (Å²) in [6, 6.07) is 0. The molecule has 0 atom stereocenters. The van der Waals surface area contributed by atoms with E-state index in [4.69, 9.17) is 0 Å². The minimum atomic E-state index is 0.984. The molecular weight excluding hydrogens is 182 g/mol. The highest BCUT2D eigenvalue weighted by atomic mass is 14.9. The second-order valence-corrected chi connectivity index (χ2v) is 3.83. The van der Waals surface area contributed by atoms with Gasteiger partial charge in [0.25, 0.3) is 0 Å². The Hall–Kier alpha value is -1.50. The third-order valence-electron chi connectivity index (χ3n) is 2.53. The van der Waals surface area contributed by atoms with Crippen LogP contribution in [0.15, 0.2) is 60.0 Å². The molecule has 0 radical (unpaired) electrons. The number of hydrogen-bond acceptors (Lipinski definition) is 1. The van der Waals surface area contributed by atoms with Gasteiger partial charge >= 0.3 is 0 Å². The van der Waals surface area contributed by atoms with Crippen LogP contribution in [-0.2, 0) is 0 Å². The number of hydrogen-bond donors (Lipinski definition) is 1. The predicted octanol–water partition coefficient (Wildman–Crippen LogP) is 3.60. The maximum absolute atomic E-state index is 3.47. The van der Waals surface area contributed by atoms with Gasteiger partial charge in [-0.05, 0) is 31.4 Å². The summed E-state index contributed by atoms with van der Waals surface area (Å²) < 4.78 is 0.